The second-order valence-electron chi connectivity index (χ2n) is 6.03. The number of piperidine rings is 1. The van der Waals surface area contributed by atoms with Crippen molar-refractivity contribution in [1.82, 2.24) is 4.31 Å². The van der Waals surface area contributed by atoms with Crippen LogP contribution in [0.1, 0.15) is 29.6 Å². The number of nitrogens with two attached hydrogens (primary N) is 1. The SMILES string of the molecule is Nc1ccccc1C(=O)Nc1cccc(S(=O)(=O)N2CCCCC2)c1. The molecule has 3 rings (SSSR count). The molecule has 0 aliphatic carbocycles. The summed E-state index contributed by atoms with van der Waals surface area (Å²) in [5.74, 6) is -0.370. The molecule has 7 heteroatoms. The van der Waals surface area contributed by atoms with Crippen molar-refractivity contribution >= 4 is 27.3 Å². The second kappa shape index (κ2) is 7.25. The molecule has 3 N–H and O–H groups in total. The third-order valence-corrected chi connectivity index (χ3v) is 6.14. The number of sulfonamides is 1. The van der Waals surface area contributed by atoms with E-state index in [-0.39, 0.29) is 10.8 Å². The summed E-state index contributed by atoms with van der Waals surface area (Å²) >= 11 is 0. The monoisotopic (exact) mass is 359 g/mol. The summed E-state index contributed by atoms with van der Waals surface area (Å²) in [6, 6.07) is 13.1. The van der Waals surface area contributed by atoms with Crippen LogP contribution in [-0.4, -0.2) is 31.7 Å². The van der Waals surface area contributed by atoms with Gasteiger partial charge >= 0.3 is 0 Å². The molecule has 132 valence electrons. The summed E-state index contributed by atoms with van der Waals surface area (Å²) in [7, 11) is -3.54. The largest absolute Gasteiger partial charge is 0.398 e. The molecule has 6 nitrogen and oxygen atoms in total. The molecule has 25 heavy (non-hydrogen) atoms. The first kappa shape index (κ1) is 17.4. The number of amides is 1. The average molecular weight is 359 g/mol. The molecule has 1 fully saturated rings. The number of anilines is 2. The van der Waals surface area contributed by atoms with Gasteiger partial charge in [-0.25, -0.2) is 8.42 Å². The Bertz CT molecular complexity index is 875. The molecule has 0 atom stereocenters. The Labute approximate surface area is 147 Å². The lowest BCUT2D eigenvalue weighted by Gasteiger charge is -2.26. The van der Waals surface area contributed by atoms with E-state index in [1.54, 1.807) is 42.5 Å². The molecule has 0 aromatic heterocycles. The zero-order valence-electron chi connectivity index (χ0n) is 13.8. The molecule has 0 unspecified atom stereocenters. The standard InChI is InChI=1S/C18H21N3O3S/c19-17-10-3-2-9-16(17)18(22)20-14-7-6-8-15(13-14)25(23,24)21-11-4-1-5-12-21/h2-3,6-10,13H,1,4-5,11-12,19H2,(H,20,22). The molecule has 0 spiro atoms. The van der Waals surface area contributed by atoms with Crippen LogP contribution in [-0.2, 0) is 10.0 Å². The Kier molecular flexibility index (Phi) is 5.06. The highest BCUT2D eigenvalue weighted by Gasteiger charge is 2.26. The summed E-state index contributed by atoms with van der Waals surface area (Å²) in [4.78, 5) is 12.5. The predicted molar refractivity (Wildman–Crippen MR) is 97.9 cm³/mol. The van der Waals surface area contributed by atoms with Crippen molar-refractivity contribution in [3.8, 4) is 0 Å². The van der Waals surface area contributed by atoms with Crippen molar-refractivity contribution in [2.45, 2.75) is 24.2 Å². The Morgan fingerprint density at radius 1 is 1.00 bits per heavy atom. The van der Waals surface area contributed by atoms with Crippen LogP contribution in [0.5, 0.6) is 0 Å². The van der Waals surface area contributed by atoms with Gasteiger partial charge in [0.25, 0.3) is 5.91 Å². The number of rotatable bonds is 4. The minimum Gasteiger partial charge on any atom is -0.398 e. The maximum atomic E-state index is 12.7. The number of para-hydroxylation sites is 1. The first-order valence-electron chi connectivity index (χ1n) is 8.24. The third-order valence-electron chi connectivity index (χ3n) is 4.25. The van der Waals surface area contributed by atoms with Gasteiger partial charge in [-0.05, 0) is 43.2 Å². The lowest BCUT2D eigenvalue weighted by molar-refractivity contribution is 0.102. The highest BCUT2D eigenvalue weighted by atomic mass is 32.2. The molecule has 2 aromatic carbocycles. The Morgan fingerprint density at radius 2 is 1.72 bits per heavy atom. The quantitative estimate of drug-likeness (QED) is 0.821. The maximum Gasteiger partial charge on any atom is 0.257 e. The van der Waals surface area contributed by atoms with E-state index in [1.165, 1.54) is 10.4 Å². The highest BCUT2D eigenvalue weighted by Crippen LogP contribution is 2.23. The minimum absolute atomic E-state index is 0.188. The van der Waals surface area contributed by atoms with Crippen molar-refractivity contribution in [2.24, 2.45) is 0 Å². The smallest absolute Gasteiger partial charge is 0.257 e. The lowest BCUT2D eigenvalue weighted by atomic mass is 10.1. The summed E-state index contributed by atoms with van der Waals surface area (Å²) < 4.78 is 27.0. The van der Waals surface area contributed by atoms with Gasteiger partial charge in [0.15, 0.2) is 0 Å². The van der Waals surface area contributed by atoms with E-state index in [2.05, 4.69) is 5.32 Å². The topological polar surface area (TPSA) is 92.5 Å². The average Bonchev–Trinajstić information content (AvgIpc) is 2.63. The van der Waals surface area contributed by atoms with Gasteiger partial charge in [-0.3, -0.25) is 4.79 Å². The molecule has 1 saturated heterocycles. The lowest BCUT2D eigenvalue weighted by Crippen LogP contribution is -2.35. The van der Waals surface area contributed by atoms with Gasteiger partial charge in [0.1, 0.15) is 0 Å². The van der Waals surface area contributed by atoms with Crippen molar-refractivity contribution in [3.63, 3.8) is 0 Å². The Hall–Kier alpha value is -2.38. The normalized spacial score (nSPS) is 15.7. The van der Waals surface area contributed by atoms with E-state index in [4.69, 9.17) is 5.73 Å². The number of benzene rings is 2. The molecule has 1 aliphatic heterocycles. The van der Waals surface area contributed by atoms with E-state index in [1.807, 2.05) is 0 Å². The molecule has 1 aliphatic rings. The van der Waals surface area contributed by atoms with E-state index < -0.39 is 10.0 Å². The number of hydrogen-bond donors (Lipinski definition) is 2. The third kappa shape index (κ3) is 3.83. The molecule has 1 heterocycles. The van der Waals surface area contributed by atoms with E-state index >= 15 is 0 Å². The highest BCUT2D eigenvalue weighted by molar-refractivity contribution is 7.89. The molecule has 0 saturated carbocycles. The molecule has 1 amide bonds. The van der Waals surface area contributed by atoms with Crippen molar-refractivity contribution < 1.29 is 13.2 Å². The summed E-state index contributed by atoms with van der Waals surface area (Å²) in [5.41, 5.74) is 6.96. The van der Waals surface area contributed by atoms with Gasteiger partial charge in [0.05, 0.1) is 10.5 Å². The molecular weight excluding hydrogens is 338 g/mol. The van der Waals surface area contributed by atoms with Gasteiger partial charge < -0.3 is 11.1 Å². The van der Waals surface area contributed by atoms with Crippen LogP contribution in [0.25, 0.3) is 0 Å². The molecule has 0 radical (unpaired) electrons. The van der Waals surface area contributed by atoms with Crippen LogP contribution < -0.4 is 11.1 Å². The van der Waals surface area contributed by atoms with Gasteiger partial charge in [-0.15, -0.1) is 0 Å². The first-order valence-corrected chi connectivity index (χ1v) is 9.68. The zero-order valence-corrected chi connectivity index (χ0v) is 14.6. The number of carbonyl (C=O) groups excluding carboxylic acids is 1. The van der Waals surface area contributed by atoms with Crippen LogP contribution in [0.15, 0.2) is 53.4 Å². The summed E-state index contributed by atoms with van der Waals surface area (Å²) in [6.45, 7) is 1.08. The number of hydrogen-bond acceptors (Lipinski definition) is 4. The van der Waals surface area contributed by atoms with Crippen molar-refractivity contribution in [1.29, 1.82) is 0 Å². The zero-order chi connectivity index (χ0) is 17.9. The van der Waals surface area contributed by atoms with E-state index in [0.29, 0.717) is 30.0 Å². The number of carbonyl (C=O) groups is 1. The predicted octanol–water partition coefficient (Wildman–Crippen LogP) is 2.70. The van der Waals surface area contributed by atoms with Crippen LogP contribution in [0, 0.1) is 0 Å². The van der Waals surface area contributed by atoms with Crippen LogP contribution >= 0.6 is 0 Å². The van der Waals surface area contributed by atoms with Gasteiger partial charge in [-0.1, -0.05) is 24.6 Å². The van der Waals surface area contributed by atoms with Crippen LogP contribution in [0.3, 0.4) is 0 Å². The minimum atomic E-state index is -3.54. The summed E-state index contributed by atoms with van der Waals surface area (Å²) in [5, 5.41) is 2.71. The van der Waals surface area contributed by atoms with E-state index in [0.717, 1.165) is 19.3 Å². The fourth-order valence-electron chi connectivity index (χ4n) is 2.89. The number of nitrogens with zero attached hydrogens (tertiary/aromatic N) is 1. The molecule has 2 aromatic rings. The fraction of sp³-hybridized carbons (Fsp3) is 0.278. The van der Waals surface area contributed by atoms with Gasteiger partial charge in [0, 0.05) is 24.5 Å². The van der Waals surface area contributed by atoms with Crippen molar-refractivity contribution in [3.05, 3.63) is 54.1 Å². The Balaban J connectivity index is 1.82. The number of nitrogen functional groups attached to an aromatic ring is 1. The molecule has 0 bridgehead atoms. The van der Waals surface area contributed by atoms with Crippen molar-refractivity contribution in [2.75, 3.05) is 24.1 Å². The number of nitrogens with one attached hydrogen (secondary N) is 1. The first-order chi connectivity index (χ1) is 12.0. The van der Waals surface area contributed by atoms with Gasteiger partial charge in [-0.2, -0.15) is 4.31 Å². The van der Waals surface area contributed by atoms with Crippen LogP contribution in [0.4, 0.5) is 11.4 Å². The fourth-order valence-corrected chi connectivity index (χ4v) is 4.45. The van der Waals surface area contributed by atoms with Crippen LogP contribution in [0.2, 0.25) is 0 Å². The second-order valence-corrected chi connectivity index (χ2v) is 7.97. The summed E-state index contributed by atoms with van der Waals surface area (Å²) in [6.07, 6.45) is 2.81. The van der Waals surface area contributed by atoms with Gasteiger partial charge in [0.2, 0.25) is 10.0 Å². The maximum absolute atomic E-state index is 12.7. The molecular formula is C18H21N3O3S. The van der Waals surface area contributed by atoms with E-state index in [9.17, 15) is 13.2 Å². The Morgan fingerprint density at radius 3 is 2.44 bits per heavy atom.